The average molecular weight is 312 g/mol. The molecule has 1 aromatic heterocycles. The van der Waals surface area contributed by atoms with Crippen molar-refractivity contribution in [1.82, 2.24) is 10.3 Å². The largest absolute Gasteiger partial charge is 0.480 e. The minimum Gasteiger partial charge on any atom is -0.480 e. The van der Waals surface area contributed by atoms with Crippen molar-refractivity contribution >= 4 is 11.9 Å². The van der Waals surface area contributed by atoms with Crippen LogP contribution < -0.4 is 5.32 Å². The molecule has 2 aromatic rings. The van der Waals surface area contributed by atoms with Gasteiger partial charge in [-0.2, -0.15) is 0 Å². The van der Waals surface area contributed by atoms with Gasteiger partial charge in [0.25, 0.3) is 0 Å². The van der Waals surface area contributed by atoms with Crippen molar-refractivity contribution in [3.63, 3.8) is 0 Å². The Morgan fingerprint density at radius 1 is 1.17 bits per heavy atom. The number of carbonyl (C=O) groups is 2. The topological polar surface area (TPSA) is 99.5 Å². The second kappa shape index (κ2) is 6.18. The van der Waals surface area contributed by atoms with E-state index < -0.39 is 18.0 Å². The van der Waals surface area contributed by atoms with Crippen molar-refractivity contribution in [2.24, 2.45) is 0 Å². The van der Waals surface area contributed by atoms with Gasteiger partial charge in [0.2, 0.25) is 0 Å². The van der Waals surface area contributed by atoms with Crippen LogP contribution in [0.1, 0.15) is 28.3 Å². The first-order valence-corrected chi connectivity index (χ1v) is 7.31. The van der Waals surface area contributed by atoms with Gasteiger partial charge in [-0.25, -0.2) is 4.79 Å². The number of benzene rings is 1. The van der Waals surface area contributed by atoms with Gasteiger partial charge in [-0.1, -0.05) is 12.1 Å². The van der Waals surface area contributed by atoms with Gasteiger partial charge in [-0.3, -0.25) is 9.78 Å². The maximum atomic E-state index is 11.4. The molecule has 23 heavy (non-hydrogen) atoms. The lowest BCUT2D eigenvalue weighted by Crippen LogP contribution is -2.34. The molecule has 1 aromatic carbocycles. The van der Waals surface area contributed by atoms with E-state index >= 15 is 0 Å². The molecule has 118 valence electrons. The first-order valence-electron chi connectivity index (χ1n) is 7.31. The molecule has 0 bridgehead atoms. The van der Waals surface area contributed by atoms with E-state index in [0.29, 0.717) is 13.0 Å². The van der Waals surface area contributed by atoms with Gasteiger partial charge in [0.15, 0.2) is 0 Å². The van der Waals surface area contributed by atoms with E-state index in [-0.39, 0.29) is 11.5 Å². The van der Waals surface area contributed by atoms with Gasteiger partial charge in [-0.15, -0.1) is 0 Å². The van der Waals surface area contributed by atoms with E-state index in [0.717, 1.165) is 16.7 Å². The standard InChI is InChI=1S/C17H16N2O4/c20-16(21)13-7-11(10-2-1-4-18-9-10)6-12(8-13)14-3-5-19-15(14)17(22)23/h1-2,4,6-9,14-15,19H,3,5H2,(H,20,21)(H,22,23). The van der Waals surface area contributed by atoms with Gasteiger partial charge in [0.05, 0.1) is 5.56 Å². The van der Waals surface area contributed by atoms with Crippen LogP contribution in [0.15, 0.2) is 42.7 Å². The summed E-state index contributed by atoms with van der Waals surface area (Å²) in [7, 11) is 0. The first-order chi connectivity index (χ1) is 11.1. The van der Waals surface area contributed by atoms with Gasteiger partial charge < -0.3 is 15.5 Å². The van der Waals surface area contributed by atoms with Crippen LogP contribution in [0.25, 0.3) is 11.1 Å². The van der Waals surface area contributed by atoms with Gasteiger partial charge >= 0.3 is 11.9 Å². The highest BCUT2D eigenvalue weighted by molar-refractivity contribution is 5.90. The Labute approximate surface area is 132 Å². The fourth-order valence-corrected chi connectivity index (χ4v) is 3.01. The molecule has 1 aliphatic rings. The number of aromatic nitrogens is 1. The highest BCUT2D eigenvalue weighted by Gasteiger charge is 2.34. The second-order valence-electron chi connectivity index (χ2n) is 5.56. The number of aliphatic carboxylic acids is 1. The van der Waals surface area contributed by atoms with E-state index in [1.807, 2.05) is 12.1 Å². The van der Waals surface area contributed by atoms with Crippen molar-refractivity contribution in [1.29, 1.82) is 0 Å². The molecule has 2 heterocycles. The summed E-state index contributed by atoms with van der Waals surface area (Å²) in [4.78, 5) is 26.8. The molecule has 3 N–H and O–H groups in total. The minimum atomic E-state index is -1.03. The third-order valence-electron chi connectivity index (χ3n) is 4.11. The summed E-state index contributed by atoms with van der Waals surface area (Å²) in [6, 6.07) is 7.94. The van der Waals surface area contributed by atoms with Crippen LogP contribution in [0.5, 0.6) is 0 Å². The molecular weight excluding hydrogens is 296 g/mol. The van der Waals surface area contributed by atoms with Crippen LogP contribution in [-0.4, -0.2) is 39.7 Å². The van der Waals surface area contributed by atoms with Crippen LogP contribution in [0.4, 0.5) is 0 Å². The number of aromatic carboxylic acids is 1. The van der Waals surface area contributed by atoms with Crippen LogP contribution in [-0.2, 0) is 4.79 Å². The molecule has 0 aliphatic carbocycles. The Balaban J connectivity index is 2.08. The number of nitrogens with zero attached hydrogens (tertiary/aromatic N) is 1. The fourth-order valence-electron chi connectivity index (χ4n) is 3.01. The highest BCUT2D eigenvalue weighted by Crippen LogP contribution is 2.32. The zero-order valence-electron chi connectivity index (χ0n) is 12.3. The molecular formula is C17H16N2O4. The molecule has 3 rings (SSSR count). The predicted molar refractivity (Wildman–Crippen MR) is 83.4 cm³/mol. The molecule has 6 nitrogen and oxygen atoms in total. The van der Waals surface area contributed by atoms with E-state index in [2.05, 4.69) is 10.3 Å². The number of hydrogen-bond acceptors (Lipinski definition) is 4. The Morgan fingerprint density at radius 3 is 2.65 bits per heavy atom. The number of carboxylic acids is 2. The van der Waals surface area contributed by atoms with Crippen molar-refractivity contribution in [3.05, 3.63) is 53.9 Å². The number of rotatable bonds is 4. The quantitative estimate of drug-likeness (QED) is 0.798. The average Bonchev–Trinajstić information content (AvgIpc) is 3.05. The number of carboxylic acid groups (broad SMARTS) is 2. The SMILES string of the molecule is O=C(O)c1cc(-c2cccnc2)cc(C2CCNC2C(=O)O)c1. The number of nitrogens with one attached hydrogen (secondary N) is 1. The summed E-state index contributed by atoms with van der Waals surface area (Å²) in [5.41, 5.74) is 2.40. The van der Waals surface area contributed by atoms with Crippen molar-refractivity contribution < 1.29 is 19.8 Å². The van der Waals surface area contributed by atoms with E-state index in [9.17, 15) is 19.8 Å². The lowest BCUT2D eigenvalue weighted by molar-refractivity contribution is -0.139. The Bertz CT molecular complexity index is 746. The van der Waals surface area contributed by atoms with Crippen molar-refractivity contribution in [2.75, 3.05) is 6.54 Å². The maximum Gasteiger partial charge on any atom is 0.335 e. The van der Waals surface area contributed by atoms with Crippen molar-refractivity contribution in [2.45, 2.75) is 18.4 Å². The molecule has 1 fully saturated rings. The third kappa shape index (κ3) is 3.07. The number of pyridine rings is 1. The van der Waals surface area contributed by atoms with Gasteiger partial charge in [0, 0.05) is 23.9 Å². The lowest BCUT2D eigenvalue weighted by Gasteiger charge is -2.17. The summed E-state index contributed by atoms with van der Waals surface area (Å²) in [5.74, 6) is -2.20. The zero-order chi connectivity index (χ0) is 16.4. The molecule has 1 saturated heterocycles. The van der Waals surface area contributed by atoms with Gasteiger partial charge in [0.1, 0.15) is 6.04 Å². The van der Waals surface area contributed by atoms with E-state index in [1.54, 1.807) is 30.6 Å². The highest BCUT2D eigenvalue weighted by atomic mass is 16.4. The predicted octanol–water partition coefficient (Wildman–Crippen LogP) is 1.98. The smallest absolute Gasteiger partial charge is 0.335 e. The molecule has 6 heteroatoms. The summed E-state index contributed by atoms with van der Waals surface area (Å²) >= 11 is 0. The lowest BCUT2D eigenvalue weighted by atomic mass is 9.88. The maximum absolute atomic E-state index is 11.4. The molecule has 0 radical (unpaired) electrons. The van der Waals surface area contributed by atoms with Crippen molar-refractivity contribution in [3.8, 4) is 11.1 Å². The fraction of sp³-hybridized carbons (Fsp3) is 0.235. The summed E-state index contributed by atoms with van der Waals surface area (Å²) in [6.45, 7) is 0.598. The summed E-state index contributed by atoms with van der Waals surface area (Å²) < 4.78 is 0. The summed E-state index contributed by atoms with van der Waals surface area (Å²) in [6.07, 6.45) is 3.96. The summed E-state index contributed by atoms with van der Waals surface area (Å²) in [5, 5.41) is 21.6. The van der Waals surface area contributed by atoms with Crippen LogP contribution >= 0.6 is 0 Å². The van der Waals surface area contributed by atoms with Gasteiger partial charge in [-0.05, 0) is 42.3 Å². The van der Waals surface area contributed by atoms with Crippen LogP contribution in [0.3, 0.4) is 0 Å². The van der Waals surface area contributed by atoms with E-state index in [1.165, 1.54) is 0 Å². The normalized spacial score (nSPS) is 20.3. The molecule has 2 unspecified atom stereocenters. The Kier molecular flexibility index (Phi) is 4.08. The van der Waals surface area contributed by atoms with Crippen LogP contribution in [0.2, 0.25) is 0 Å². The molecule has 1 aliphatic heterocycles. The molecule has 0 amide bonds. The Morgan fingerprint density at radius 2 is 2.00 bits per heavy atom. The number of hydrogen-bond donors (Lipinski definition) is 3. The Hall–Kier alpha value is -2.73. The molecule has 2 atom stereocenters. The molecule has 0 saturated carbocycles. The monoisotopic (exact) mass is 312 g/mol. The third-order valence-corrected chi connectivity index (χ3v) is 4.11. The molecule has 0 spiro atoms. The first kappa shape index (κ1) is 15.2. The second-order valence-corrected chi connectivity index (χ2v) is 5.56. The van der Waals surface area contributed by atoms with Crippen LogP contribution in [0, 0.1) is 0 Å². The zero-order valence-corrected chi connectivity index (χ0v) is 12.3. The minimum absolute atomic E-state index is 0.150. The van der Waals surface area contributed by atoms with E-state index in [4.69, 9.17) is 0 Å².